The van der Waals surface area contributed by atoms with Gasteiger partial charge in [0, 0.05) is 38.4 Å². The van der Waals surface area contributed by atoms with Crippen molar-refractivity contribution in [3.05, 3.63) is 18.0 Å². The first-order valence-corrected chi connectivity index (χ1v) is 6.14. The number of nitrogens with one attached hydrogen (secondary N) is 1. The minimum absolute atomic E-state index is 0.0343. The molecule has 6 heteroatoms. The van der Waals surface area contributed by atoms with Crippen LogP contribution in [-0.4, -0.2) is 46.7 Å². The molecule has 0 saturated carbocycles. The van der Waals surface area contributed by atoms with Gasteiger partial charge in [-0.15, -0.1) is 0 Å². The third kappa shape index (κ3) is 5.29. The van der Waals surface area contributed by atoms with E-state index in [9.17, 15) is 9.90 Å². The molecule has 0 aromatic carbocycles. The van der Waals surface area contributed by atoms with Gasteiger partial charge < -0.3 is 15.2 Å². The fourth-order valence-corrected chi connectivity index (χ4v) is 1.62. The average Bonchev–Trinajstić information content (AvgIpc) is 2.71. The first-order chi connectivity index (χ1) is 8.63. The second kappa shape index (κ2) is 7.84. The Labute approximate surface area is 107 Å². The number of aliphatic hydroxyl groups is 1. The summed E-state index contributed by atoms with van der Waals surface area (Å²) in [6.07, 6.45) is 1.93. The molecule has 0 aliphatic rings. The summed E-state index contributed by atoms with van der Waals surface area (Å²) in [6, 6.07) is 1.96. The summed E-state index contributed by atoms with van der Waals surface area (Å²) in [5.41, 5.74) is 1.13. The molecule has 18 heavy (non-hydrogen) atoms. The van der Waals surface area contributed by atoms with Crippen molar-refractivity contribution in [3.8, 4) is 0 Å². The van der Waals surface area contributed by atoms with E-state index in [0.717, 1.165) is 18.7 Å². The molecule has 1 aromatic rings. The molecule has 0 radical (unpaired) electrons. The Morgan fingerprint density at radius 3 is 3.06 bits per heavy atom. The van der Waals surface area contributed by atoms with Gasteiger partial charge in [-0.2, -0.15) is 5.10 Å². The van der Waals surface area contributed by atoms with Gasteiger partial charge in [0.2, 0.25) is 0 Å². The van der Waals surface area contributed by atoms with E-state index in [1.54, 1.807) is 13.1 Å². The van der Waals surface area contributed by atoms with Crippen LogP contribution in [0.15, 0.2) is 12.3 Å². The van der Waals surface area contributed by atoms with Gasteiger partial charge in [-0.05, 0) is 13.0 Å². The maximum atomic E-state index is 11.1. The molecular weight excluding hydrogens is 234 g/mol. The van der Waals surface area contributed by atoms with Gasteiger partial charge in [0.25, 0.3) is 0 Å². The van der Waals surface area contributed by atoms with Crippen molar-refractivity contribution in [3.63, 3.8) is 0 Å². The Morgan fingerprint density at radius 2 is 2.44 bits per heavy atom. The maximum absolute atomic E-state index is 11.1. The number of carbonyl (C=O) groups is 1. The van der Waals surface area contributed by atoms with Crippen molar-refractivity contribution in [2.45, 2.75) is 25.9 Å². The number of ether oxygens (including phenoxy) is 1. The molecule has 0 saturated heterocycles. The second-order valence-corrected chi connectivity index (χ2v) is 4.06. The summed E-state index contributed by atoms with van der Waals surface area (Å²) >= 11 is 0. The van der Waals surface area contributed by atoms with E-state index in [1.807, 2.05) is 17.8 Å². The minimum atomic E-state index is -0.699. The lowest BCUT2D eigenvalue weighted by atomic mass is 10.2. The van der Waals surface area contributed by atoms with Crippen LogP contribution in [0, 0.1) is 0 Å². The van der Waals surface area contributed by atoms with Gasteiger partial charge in [0.1, 0.15) is 0 Å². The van der Waals surface area contributed by atoms with Crippen molar-refractivity contribution in [1.82, 2.24) is 15.1 Å². The van der Waals surface area contributed by atoms with Gasteiger partial charge in [-0.3, -0.25) is 9.48 Å². The second-order valence-electron chi connectivity index (χ2n) is 4.06. The molecular formula is C12H21N3O3. The fourth-order valence-electron chi connectivity index (χ4n) is 1.62. The Bertz CT molecular complexity index is 365. The van der Waals surface area contributed by atoms with E-state index in [2.05, 4.69) is 10.4 Å². The molecule has 0 aliphatic carbocycles. The number of nitrogens with zero attached hydrogens (tertiary/aromatic N) is 2. The predicted octanol–water partition coefficient (Wildman–Crippen LogP) is -0.134. The predicted molar refractivity (Wildman–Crippen MR) is 67.0 cm³/mol. The van der Waals surface area contributed by atoms with Crippen LogP contribution in [0.4, 0.5) is 0 Å². The van der Waals surface area contributed by atoms with Crippen molar-refractivity contribution in [1.29, 1.82) is 0 Å². The summed E-state index contributed by atoms with van der Waals surface area (Å²) in [5, 5.41) is 16.7. The van der Waals surface area contributed by atoms with Crippen molar-refractivity contribution >= 4 is 5.97 Å². The lowest BCUT2D eigenvalue weighted by molar-refractivity contribution is -0.145. The van der Waals surface area contributed by atoms with Gasteiger partial charge >= 0.3 is 5.97 Å². The van der Waals surface area contributed by atoms with Crippen LogP contribution >= 0.6 is 0 Å². The molecule has 0 amide bonds. The van der Waals surface area contributed by atoms with Crippen LogP contribution < -0.4 is 5.32 Å². The Kier molecular flexibility index (Phi) is 6.38. The number of aromatic nitrogens is 2. The Hall–Kier alpha value is -1.40. The van der Waals surface area contributed by atoms with Crippen LogP contribution in [0.1, 0.15) is 19.0 Å². The molecule has 1 unspecified atom stereocenters. The zero-order valence-electron chi connectivity index (χ0n) is 10.9. The number of carbonyl (C=O) groups excluding carboxylic acids is 1. The highest BCUT2D eigenvalue weighted by Crippen LogP contribution is 1.97. The number of hydrogen-bond donors (Lipinski definition) is 2. The standard InChI is InChI=1S/C12H21N3O3/c1-3-18-12(17)8-11(16)9-13-6-4-10-5-7-14-15(10)2/h5,7,11,13,16H,3-4,6,8-9H2,1-2H3. The normalized spacial score (nSPS) is 12.4. The number of aryl methyl sites for hydroxylation is 1. The van der Waals surface area contributed by atoms with E-state index in [-0.39, 0.29) is 12.4 Å². The molecule has 2 N–H and O–H groups in total. The Morgan fingerprint density at radius 1 is 1.67 bits per heavy atom. The topological polar surface area (TPSA) is 76.4 Å². The van der Waals surface area contributed by atoms with Crippen LogP contribution in [-0.2, 0) is 23.0 Å². The molecule has 1 rings (SSSR count). The average molecular weight is 255 g/mol. The lowest BCUT2D eigenvalue weighted by Gasteiger charge is -2.11. The van der Waals surface area contributed by atoms with Crippen LogP contribution in [0.25, 0.3) is 0 Å². The smallest absolute Gasteiger partial charge is 0.308 e. The molecule has 1 heterocycles. The molecule has 0 fully saturated rings. The van der Waals surface area contributed by atoms with Crippen molar-refractivity contribution < 1.29 is 14.6 Å². The van der Waals surface area contributed by atoms with E-state index >= 15 is 0 Å². The van der Waals surface area contributed by atoms with E-state index in [1.165, 1.54) is 0 Å². The molecule has 1 atom stereocenters. The highest BCUT2D eigenvalue weighted by atomic mass is 16.5. The third-order valence-corrected chi connectivity index (χ3v) is 2.57. The van der Waals surface area contributed by atoms with Crippen LogP contribution in [0.5, 0.6) is 0 Å². The van der Waals surface area contributed by atoms with Gasteiger partial charge in [-0.25, -0.2) is 0 Å². The minimum Gasteiger partial charge on any atom is -0.466 e. The summed E-state index contributed by atoms with van der Waals surface area (Å²) < 4.78 is 6.57. The molecule has 102 valence electrons. The zero-order chi connectivity index (χ0) is 13.4. The van der Waals surface area contributed by atoms with Crippen LogP contribution in [0.3, 0.4) is 0 Å². The summed E-state index contributed by atoms with van der Waals surface area (Å²) in [6.45, 7) is 3.21. The summed E-state index contributed by atoms with van der Waals surface area (Å²) in [7, 11) is 1.89. The lowest BCUT2D eigenvalue weighted by Crippen LogP contribution is -2.30. The maximum Gasteiger partial charge on any atom is 0.308 e. The van der Waals surface area contributed by atoms with Crippen molar-refractivity contribution in [2.24, 2.45) is 7.05 Å². The highest BCUT2D eigenvalue weighted by molar-refractivity contribution is 5.69. The van der Waals surface area contributed by atoms with E-state index in [0.29, 0.717) is 13.2 Å². The van der Waals surface area contributed by atoms with E-state index in [4.69, 9.17) is 4.74 Å². The van der Waals surface area contributed by atoms with Crippen molar-refractivity contribution in [2.75, 3.05) is 19.7 Å². The number of hydrogen-bond acceptors (Lipinski definition) is 5. The molecule has 1 aromatic heterocycles. The number of rotatable bonds is 8. The Balaban J connectivity index is 2.10. The largest absolute Gasteiger partial charge is 0.466 e. The molecule has 6 nitrogen and oxygen atoms in total. The molecule has 0 aliphatic heterocycles. The zero-order valence-corrected chi connectivity index (χ0v) is 10.9. The van der Waals surface area contributed by atoms with Gasteiger partial charge in [0.15, 0.2) is 0 Å². The number of esters is 1. The van der Waals surface area contributed by atoms with Crippen LogP contribution in [0.2, 0.25) is 0 Å². The van der Waals surface area contributed by atoms with Gasteiger partial charge in [-0.1, -0.05) is 0 Å². The quantitative estimate of drug-likeness (QED) is 0.500. The fraction of sp³-hybridized carbons (Fsp3) is 0.667. The SMILES string of the molecule is CCOC(=O)CC(O)CNCCc1ccnn1C. The van der Waals surface area contributed by atoms with E-state index < -0.39 is 6.10 Å². The summed E-state index contributed by atoms with van der Waals surface area (Å²) in [4.78, 5) is 11.1. The first-order valence-electron chi connectivity index (χ1n) is 6.14. The number of aliphatic hydroxyl groups excluding tert-OH is 1. The highest BCUT2D eigenvalue weighted by Gasteiger charge is 2.10. The third-order valence-electron chi connectivity index (χ3n) is 2.57. The summed E-state index contributed by atoms with van der Waals surface area (Å²) in [5.74, 6) is -0.363. The molecule has 0 spiro atoms. The molecule has 0 bridgehead atoms. The first kappa shape index (κ1) is 14.7. The monoisotopic (exact) mass is 255 g/mol. The van der Waals surface area contributed by atoms with Gasteiger partial charge in [0.05, 0.1) is 19.1 Å².